The number of carbonyl (C=O) groups is 2. The Morgan fingerprint density at radius 3 is 2.25 bits per heavy atom. The van der Waals surface area contributed by atoms with Gasteiger partial charge in [0.25, 0.3) is 0 Å². The highest BCUT2D eigenvalue weighted by molar-refractivity contribution is 8.12. The topological polar surface area (TPSA) is 102 Å². The fraction of sp³-hybridized carbons (Fsp3) is 0.750. The Hall–Kier alpha value is 0.0200. The molecule has 0 aromatic rings. The van der Waals surface area contributed by atoms with Crippen molar-refractivity contribution in [2.45, 2.75) is 42.7 Å². The molecule has 1 unspecified atom stereocenters. The largest absolute Gasteiger partial charge is 0.515 e. The fourth-order valence-electron chi connectivity index (χ4n) is 1.55. The molecule has 12 heteroatoms. The van der Waals surface area contributed by atoms with Gasteiger partial charge in [0, 0.05) is 0 Å². The second-order valence-corrected chi connectivity index (χ2v) is 10.1. The van der Waals surface area contributed by atoms with Crippen molar-refractivity contribution in [1.29, 1.82) is 0 Å². The van der Waals surface area contributed by atoms with Crippen LogP contribution in [0.2, 0.25) is 0 Å². The molecule has 0 saturated carbocycles. The minimum Gasteiger partial charge on any atom is -0.429 e. The van der Waals surface area contributed by atoms with Crippen molar-refractivity contribution in [3.05, 3.63) is 0 Å². The van der Waals surface area contributed by atoms with Gasteiger partial charge in [-0.2, -0.15) is 0 Å². The average molecular weight is 443 g/mol. The quantitative estimate of drug-likeness (QED) is 0.183. The summed E-state index contributed by atoms with van der Waals surface area (Å²) >= 11 is 17.3. The Morgan fingerprint density at radius 2 is 1.83 bits per heavy atom. The van der Waals surface area contributed by atoms with Crippen molar-refractivity contribution < 1.29 is 28.3 Å². The van der Waals surface area contributed by atoms with Crippen molar-refractivity contribution >= 4 is 71.6 Å². The lowest BCUT2D eigenvalue weighted by atomic mass is 10.2. The number of nitrogens with zero attached hydrogens (tertiary/aromatic N) is 1. The van der Waals surface area contributed by atoms with E-state index in [2.05, 4.69) is 14.3 Å². The second kappa shape index (κ2) is 10.2. The van der Waals surface area contributed by atoms with Crippen molar-refractivity contribution in [3.8, 4) is 0 Å². The highest BCUT2D eigenvalue weighted by atomic mass is 35.6. The molecule has 0 bridgehead atoms. The number of alkyl halides is 3. The van der Waals surface area contributed by atoms with Gasteiger partial charge < -0.3 is 14.2 Å². The first-order valence-corrected chi connectivity index (χ1v) is 10.6. The van der Waals surface area contributed by atoms with E-state index >= 15 is 0 Å². The van der Waals surface area contributed by atoms with E-state index in [-0.39, 0.29) is 24.4 Å². The number of hydrogen-bond acceptors (Lipinski definition) is 7. The monoisotopic (exact) mass is 441 g/mol. The second-order valence-electron chi connectivity index (χ2n) is 4.70. The van der Waals surface area contributed by atoms with Crippen molar-refractivity contribution in [2.24, 2.45) is 4.99 Å². The zero-order valence-corrected chi connectivity index (χ0v) is 17.3. The van der Waals surface area contributed by atoms with Gasteiger partial charge in [0.2, 0.25) is 3.79 Å². The predicted molar refractivity (Wildman–Crippen MR) is 97.5 cm³/mol. The molecule has 0 radical (unpaired) electrons. The van der Waals surface area contributed by atoms with Crippen LogP contribution in [-0.4, -0.2) is 43.8 Å². The number of rotatable bonds is 9. The standard InChI is InChI=1S/C12H19Cl3NO6PS/c1-4-11(5-2,16-8-24-6-9(3)17)23(19,20)22-10(18)21-7-12(13,14)15/h8H,4-7H2,1-3H3,(H,19,20). The van der Waals surface area contributed by atoms with E-state index < -0.39 is 29.4 Å². The normalized spacial score (nSPS) is 15.1. The van der Waals surface area contributed by atoms with Gasteiger partial charge in [-0.15, -0.1) is 11.8 Å². The van der Waals surface area contributed by atoms with E-state index in [9.17, 15) is 19.0 Å². The van der Waals surface area contributed by atoms with Gasteiger partial charge in [-0.25, -0.2) is 9.36 Å². The summed E-state index contributed by atoms with van der Waals surface area (Å²) < 4.78 is 19.7. The third kappa shape index (κ3) is 8.41. The smallest absolute Gasteiger partial charge is 0.429 e. The van der Waals surface area contributed by atoms with Crippen molar-refractivity contribution in [3.63, 3.8) is 0 Å². The van der Waals surface area contributed by atoms with E-state index in [1.54, 1.807) is 13.8 Å². The lowest BCUT2D eigenvalue weighted by Gasteiger charge is -2.30. The Labute approximate surface area is 159 Å². The minimum atomic E-state index is -4.54. The molecular formula is C12H19Cl3NO6PS. The Balaban J connectivity index is 5.08. The number of Topliss-reactive ketones (excluding diaryl/α,β-unsaturated/α-hetero) is 1. The highest BCUT2D eigenvalue weighted by Gasteiger charge is 2.49. The van der Waals surface area contributed by atoms with Crippen LogP contribution in [0.4, 0.5) is 4.79 Å². The summed E-state index contributed by atoms with van der Waals surface area (Å²) in [6.45, 7) is 4.01. The van der Waals surface area contributed by atoms with Gasteiger partial charge in [-0.3, -0.25) is 9.79 Å². The lowest BCUT2D eigenvalue weighted by molar-refractivity contribution is -0.114. The first kappa shape index (κ1) is 24.0. The summed E-state index contributed by atoms with van der Waals surface area (Å²) in [6.07, 6.45) is -1.21. The molecule has 0 aliphatic carbocycles. The van der Waals surface area contributed by atoms with Crippen molar-refractivity contribution in [1.82, 2.24) is 0 Å². The molecule has 0 amide bonds. The summed E-state index contributed by atoms with van der Waals surface area (Å²) in [5, 5.41) is -1.55. The number of thioether (sulfide) groups is 1. The fourth-order valence-corrected chi connectivity index (χ4v) is 3.80. The summed E-state index contributed by atoms with van der Waals surface area (Å²) in [4.78, 5) is 36.7. The Morgan fingerprint density at radius 1 is 1.29 bits per heavy atom. The number of hydrogen-bond donors (Lipinski definition) is 1. The molecule has 24 heavy (non-hydrogen) atoms. The first-order chi connectivity index (χ1) is 10.9. The molecule has 0 aromatic carbocycles. The third-order valence-electron chi connectivity index (χ3n) is 2.86. The van der Waals surface area contributed by atoms with E-state index in [1.807, 2.05) is 0 Å². The predicted octanol–water partition coefficient (Wildman–Crippen LogP) is 4.56. The van der Waals surface area contributed by atoms with Crippen LogP contribution in [0.25, 0.3) is 0 Å². The maximum Gasteiger partial charge on any atom is 0.515 e. The van der Waals surface area contributed by atoms with Crippen LogP contribution < -0.4 is 0 Å². The number of carbonyl (C=O) groups excluding carboxylic acids is 2. The Bertz CT molecular complexity index is 521. The van der Waals surface area contributed by atoms with Crippen LogP contribution in [0.3, 0.4) is 0 Å². The highest BCUT2D eigenvalue weighted by Crippen LogP contribution is 2.60. The van der Waals surface area contributed by atoms with E-state index in [0.717, 1.165) is 11.8 Å². The van der Waals surface area contributed by atoms with Crippen LogP contribution in [0, 0.1) is 0 Å². The molecule has 7 nitrogen and oxygen atoms in total. The maximum absolute atomic E-state index is 12.5. The summed E-state index contributed by atoms with van der Waals surface area (Å²) in [7, 11) is -4.54. The average Bonchev–Trinajstić information content (AvgIpc) is 2.44. The molecule has 1 N–H and O–H groups in total. The zero-order chi connectivity index (χ0) is 19.0. The van der Waals surface area contributed by atoms with Gasteiger partial charge in [0.1, 0.15) is 12.4 Å². The summed E-state index contributed by atoms with van der Waals surface area (Å²) in [6, 6.07) is 0. The van der Waals surface area contributed by atoms with Gasteiger partial charge in [-0.1, -0.05) is 48.7 Å². The molecule has 140 valence electrons. The number of ether oxygens (including phenoxy) is 1. The molecule has 1 atom stereocenters. The Kier molecular flexibility index (Phi) is 10.2. The van der Waals surface area contributed by atoms with Crippen LogP contribution in [0.1, 0.15) is 33.6 Å². The number of ketones is 1. The van der Waals surface area contributed by atoms with Crippen LogP contribution in [0.15, 0.2) is 4.99 Å². The van der Waals surface area contributed by atoms with Gasteiger partial charge >= 0.3 is 13.8 Å². The molecule has 0 spiro atoms. The van der Waals surface area contributed by atoms with Crippen molar-refractivity contribution in [2.75, 3.05) is 12.4 Å². The molecular weight excluding hydrogens is 424 g/mol. The summed E-state index contributed by atoms with van der Waals surface area (Å²) in [5.41, 5.74) is 1.30. The van der Waals surface area contributed by atoms with Crippen LogP contribution in [0.5, 0.6) is 0 Å². The first-order valence-electron chi connectivity index (χ1n) is 6.80. The minimum absolute atomic E-state index is 0.0660. The molecule has 0 fully saturated rings. The van der Waals surface area contributed by atoms with Crippen LogP contribution >= 0.6 is 54.2 Å². The molecule has 0 aromatic heterocycles. The SMILES string of the molecule is CCC(CC)(N=CSCC(C)=O)P(=O)(O)OC(=O)OCC(Cl)(Cl)Cl. The molecule has 0 rings (SSSR count). The molecule has 0 heterocycles. The third-order valence-corrected chi connectivity index (χ3v) is 6.22. The molecule has 0 aliphatic rings. The molecule has 0 saturated heterocycles. The van der Waals surface area contributed by atoms with E-state index in [1.165, 1.54) is 12.5 Å². The molecule has 0 aliphatic heterocycles. The lowest BCUT2D eigenvalue weighted by Crippen LogP contribution is -2.28. The van der Waals surface area contributed by atoms with Gasteiger partial charge in [0.05, 0.1) is 11.3 Å². The number of aliphatic imine (C=N–C) groups is 1. The maximum atomic E-state index is 12.5. The number of halogens is 3. The van der Waals surface area contributed by atoms with Gasteiger partial charge in [0.15, 0.2) is 5.28 Å². The van der Waals surface area contributed by atoms with Crippen LogP contribution in [-0.2, 0) is 18.6 Å². The van der Waals surface area contributed by atoms with E-state index in [4.69, 9.17) is 34.8 Å². The van der Waals surface area contributed by atoms with Gasteiger partial charge in [-0.05, 0) is 19.8 Å². The summed E-state index contributed by atoms with van der Waals surface area (Å²) in [5.74, 6) is 0.110. The zero-order valence-electron chi connectivity index (χ0n) is 13.3. The van der Waals surface area contributed by atoms with E-state index in [0.29, 0.717) is 0 Å².